The number of aliphatic hydroxyl groups is 1. The maximum Gasteiger partial charge on any atom is 0.161 e. The molecule has 0 amide bonds. The van der Waals surface area contributed by atoms with E-state index < -0.39 is 12.2 Å². The first-order valence-corrected chi connectivity index (χ1v) is 7.63. The van der Waals surface area contributed by atoms with Gasteiger partial charge >= 0.3 is 0 Å². The lowest BCUT2D eigenvalue weighted by molar-refractivity contribution is 0.0450. The Balaban J connectivity index is 2.15. The van der Waals surface area contributed by atoms with E-state index in [-0.39, 0.29) is 17.2 Å². The number of ether oxygens (including phenoxy) is 2. The average molecular weight is 330 g/mol. The van der Waals surface area contributed by atoms with Crippen LogP contribution in [0.4, 0.5) is 0 Å². The summed E-state index contributed by atoms with van der Waals surface area (Å²) >= 11 is 0. The Morgan fingerprint density at radius 1 is 1.00 bits per heavy atom. The largest absolute Gasteiger partial charge is 0.504 e. The minimum absolute atomic E-state index is 0.000710. The molecule has 2 atom stereocenters. The number of hydrogen-bond acceptors (Lipinski definition) is 5. The van der Waals surface area contributed by atoms with Crippen LogP contribution in [-0.4, -0.2) is 28.5 Å². The van der Waals surface area contributed by atoms with Crippen LogP contribution in [-0.2, 0) is 0 Å². The molecule has 0 heterocycles. The monoisotopic (exact) mass is 330 g/mol. The first-order valence-electron chi connectivity index (χ1n) is 7.63. The fraction of sp³-hybridized carbons (Fsp3) is 0.263. The van der Waals surface area contributed by atoms with Gasteiger partial charge in [-0.05, 0) is 49.2 Å². The lowest BCUT2D eigenvalue weighted by Crippen LogP contribution is -2.21. The zero-order chi connectivity index (χ0) is 17.7. The molecule has 0 saturated heterocycles. The van der Waals surface area contributed by atoms with Crippen molar-refractivity contribution in [1.29, 1.82) is 0 Å². The van der Waals surface area contributed by atoms with E-state index in [9.17, 15) is 15.3 Å². The highest BCUT2D eigenvalue weighted by atomic mass is 16.5. The minimum Gasteiger partial charge on any atom is -0.504 e. The maximum atomic E-state index is 10.4. The molecule has 2 unspecified atom stereocenters. The second-order valence-corrected chi connectivity index (χ2v) is 5.43. The molecule has 0 aliphatic heterocycles. The molecule has 128 valence electrons. The summed E-state index contributed by atoms with van der Waals surface area (Å²) in [6, 6.07) is 9.67. The molecule has 2 rings (SSSR count). The quantitative estimate of drug-likeness (QED) is 0.753. The number of benzene rings is 2. The molecule has 24 heavy (non-hydrogen) atoms. The molecule has 0 aliphatic rings. The van der Waals surface area contributed by atoms with Gasteiger partial charge in [0.05, 0.1) is 7.11 Å². The standard InChI is InChI=1S/C19H22O5/c1-4-5-13-6-9-17(16(21)10-13)24-12(2)19(22)14-7-8-15(20)18(11-14)23-3/h4-12,19-22H,1-3H3. The van der Waals surface area contributed by atoms with Crippen molar-refractivity contribution in [3.05, 3.63) is 53.6 Å². The van der Waals surface area contributed by atoms with Crippen LogP contribution in [0.15, 0.2) is 42.5 Å². The number of aromatic hydroxyl groups is 2. The van der Waals surface area contributed by atoms with Gasteiger partial charge in [-0.15, -0.1) is 0 Å². The van der Waals surface area contributed by atoms with Crippen molar-refractivity contribution in [2.75, 3.05) is 7.11 Å². The number of allylic oxidation sites excluding steroid dienone is 1. The number of aliphatic hydroxyl groups excluding tert-OH is 1. The van der Waals surface area contributed by atoms with Crippen molar-refractivity contribution in [2.24, 2.45) is 0 Å². The van der Waals surface area contributed by atoms with Gasteiger partial charge < -0.3 is 24.8 Å². The molecule has 0 fully saturated rings. The second kappa shape index (κ2) is 7.75. The summed E-state index contributed by atoms with van der Waals surface area (Å²) < 4.78 is 10.7. The Morgan fingerprint density at radius 2 is 1.75 bits per heavy atom. The molecule has 2 aromatic carbocycles. The molecule has 0 spiro atoms. The summed E-state index contributed by atoms with van der Waals surface area (Å²) in [7, 11) is 1.44. The molecule has 0 bridgehead atoms. The van der Waals surface area contributed by atoms with Crippen LogP contribution in [0.2, 0.25) is 0 Å². The Labute approximate surface area is 141 Å². The summed E-state index contributed by atoms with van der Waals surface area (Å²) in [4.78, 5) is 0. The lowest BCUT2D eigenvalue weighted by Gasteiger charge is -2.22. The van der Waals surface area contributed by atoms with Crippen LogP contribution < -0.4 is 9.47 Å². The van der Waals surface area contributed by atoms with Crippen molar-refractivity contribution in [3.8, 4) is 23.0 Å². The van der Waals surface area contributed by atoms with Gasteiger partial charge in [0.2, 0.25) is 0 Å². The van der Waals surface area contributed by atoms with Crippen LogP contribution in [0, 0.1) is 0 Å². The van der Waals surface area contributed by atoms with E-state index in [4.69, 9.17) is 9.47 Å². The molecule has 5 heteroatoms. The first-order chi connectivity index (χ1) is 11.5. The predicted octanol–water partition coefficient (Wildman–Crippen LogP) is 3.64. The molecule has 5 nitrogen and oxygen atoms in total. The van der Waals surface area contributed by atoms with Gasteiger partial charge in [-0.3, -0.25) is 0 Å². The van der Waals surface area contributed by atoms with E-state index in [0.717, 1.165) is 5.56 Å². The molecule has 2 aromatic rings. The highest BCUT2D eigenvalue weighted by Crippen LogP contribution is 2.33. The Hall–Kier alpha value is -2.66. The van der Waals surface area contributed by atoms with Crippen molar-refractivity contribution in [3.63, 3.8) is 0 Å². The Morgan fingerprint density at radius 3 is 2.38 bits per heavy atom. The third-order valence-corrected chi connectivity index (χ3v) is 3.64. The van der Waals surface area contributed by atoms with Gasteiger partial charge in [-0.1, -0.05) is 24.3 Å². The molecule has 0 aromatic heterocycles. The maximum absolute atomic E-state index is 10.4. The number of methoxy groups -OCH3 is 1. The normalized spacial score (nSPS) is 13.7. The van der Waals surface area contributed by atoms with E-state index in [1.165, 1.54) is 13.2 Å². The summed E-state index contributed by atoms with van der Waals surface area (Å²) in [5.74, 6) is 0.574. The average Bonchev–Trinajstić information content (AvgIpc) is 2.57. The van der Waals surface area contributed by atoms with Gasteiger partial charge in [0.25, 0.3) is 0 Å². The van der Waals surface area contributed by atoms with Crippen LogP contribution >= 0.6 is 0 Å². The molecule has 0 aliphatic carbocycles. The van der Waals surface area contributed by atoms with E-state index in [1.54, 1.807) is 31.2 Å². The van der Waals surface area contributed by atoms with Crippen molar-refractivity contribution in [2.45, 2.75) is 26.1 Å². The number of rotatable bonds is 6. The van der Waals surface area contributed by atoms with Crippen LogP contribution in [0.1, 0.15) is 31.1 Å². The molecule has 0 saturated carbocycles. The van der Waals surface area contributed by atoms with Crippen LogP contribution in [0.25, 0.3) is 6.08 Å². The number of hydrogen-bond donors (Lipinski definition) is 3. The van der Waals surface area contributed by atoms with Gasteiger partial charge in [0.1, 0.15) is 12.2 Å². The fourth-order valence-corrected chi connectivity index (χ4v) is 2.34. The van der Waals surface area contributed by atoms with Crippen LogP contribution in [0.5, 0.6) is 23.0 Å². The summed E-state index contributed by atoms with van der Waals surface area (Å²) in [6.45, 7) is 3.59. The first kappa shape index (κ1) is 17.7. The fourth-order valence-electron chi connectivity index (χ4n) is 2.34. The van der Waals surface area contributed by atoms with E-state index in [1.807, 2.05) is 25.1 Å². The van der Waals surface area contributed by atoms with Gasteiger partial charge in [0, 0.05) is 0 Å². The smallest absolute Gasteiger partial charge is 0.161 e. The topological polar surface area (TPSA) is 79.2 Å². The molecular formula is C19H22O5. The zero-order valence-corrected chi connectivity index (χ0v) is 13.9. The Bertz CT molecular complexity index is 724. The van der Waals surface area contributed by atoms with Gasteiger partial charge in [0.15, 0.2) is 23.0 Å². The SMILES string of the molecule is CC=Cc1ccc(OC(C)C(O)c2ccc(O)c(OC)c2)c(O)c1. The summed E-state index contributed by atoms with van der Waals surface area (Å²) in [5, 5.41) is 30.1. The summed E-state index contributed by atoms with van der Waals surface area (Å²) in [5.41, 5.74) is 1.40. The minimum atomic E-state index is -0.950. The number of phenols is 2. The van der Waals surface area contributed by atoms with Gasteiger partial charge in [-0.2, -0.15) is 0 Å². The third kappa shape index (κ3) is 4.00. The highest BCUT2D eigenvalue weighted by molar-refractivity contribution is 5.55. The second-order valence-electron chi connectivity index (χ2n) is 5.43. The van der Waals surface area contributed by atoms with E-state index >= 15 is 0 Å². The Kier molecular flexibility index (Phi) is 5.71. The van der Waals surface area contributed by atoms with E-state index in [2.05, 4.69) is 0 Å². The highest BCUT2D eigenvalue weighted by Gasteiger charge is 2.20. The molecule has 3 N–H and O–H groups in total. The molecule has 0 radical (unpaired) electrons. The lowest BCUT2D eigenvalue weighted by atomic mass is 10.0. The van der Waals surface area contributed by atoms with E-state index in [0.29, 0.717) is 11.3 Å². The van der Waals surface area contributed by atoms with Crippen molar-refractivity contribution < 1.29 is 24.8 Å². The summed E-state index contributed by atoms with van der Waals surface area (Å²) in [6.07, 6.45) is 2.18. The third-order valence-electron chi connectivity index (χ3n) is 3.64. The predicted molar refractivity (Wildman–Crippen MR) is 92.5 cm³/mol. The van der Waals surface area contributed by atoms with Crippen molar-refractivity contribution >= 4 is 6.08 Å². The van der Waals surface area contributed by atoms with Gasteiger partial charge in [-0.25, -0.2) is 0 Å². The van der Waals surface area contributed by atoms with Crippen molar-refractivity contribution in [1.82, 2.24) is 0 Å². The molecular weight excluding hydrogens is 308 g/mol. The zero-order valence-electron chi connectivity index (χ0n) is 13.9. The number of phenolic OH excluding ortho intramolecular Hbond substituents is 2. The van der Waals surface area contributed by atoms with Crippen LogP contribution in [0.3, 0.4) is 0 Å².